The fraction of sp³-hybridized carbons (Fsp3) is 0.333. The van der Waals surface area contributed by atoms with Crippen LogP contribution in [-0.4, -0.2) is 34.8 Å². The molecule has 0 atom stereocenters. The van der Waals surface area contributed by atoms with Crippen molar-refractivity contribution in [1.29, 1.82) is 0 Å². The van der Waals surface area contributed by atoms with Crippen LogP contribution in [0, 0.1) is 0 Å². The van der Waals surface area contributed by atoms with Crippen molar-refractivity contribution >= 4 is 67.5 Å². The quantitative estimate of drug-likeness (QED) is 0.318. The Balaban J connectivity index is 1.61. The summed E-state index contributed by atoms with van der Waals surface area (Å²) < 4.78 is 13.2. The number of ether oxygens (including phenoxy) is 2. The predicted molar refractivity (Wildman–Crippen MR) is 133 cm³/mol. The molecule has 1 saturated heterocycles. The van der Waals surface area contributed by atoms with E-state index in [1.807, 2.05) is 59.9 Å². The van der Waals surface area contributed by atoms with Crippen LogP contribution in [0.4, 0.5) is 0 Å². The summed E-state index contributed by atoms with van der Waals surface area (Å²) in [5, 5.41) is 4.10. The molecule has 2 aromatic rings. The van der Waals surface area contributed by atoms with Gasteiger partial charge in [-0.2, -0.15) is 5.10 Å². The molecule has 0 aliphatic carbocycles. The van der Waals surface area contributed by atoms with Gasteiger partial charge >= 0.3 is 0 Å². The number of benzene rings is 2. The fourth-order valence-corrected chi connectivity index (χ4v) is 6.53. The monoisotopic (exact) mass is 572 g/mol. The minimum atomic E-state index is -0.0869. The van der Waals surface area contributed by atoms with E-state index in [9.17, 15) is 4.79 Å². The summed E-state index contributed by atoms with van der Waals surface area (Å²) in [5.41, 5.74) is 4.45. The maximum atomic E-state index is 12.2. The highest BCUT2D eigenvalue weighted by Crippen LogP contribution is 2.45. The first-order chi connectivity index (χ1) is 14.4. The molecule has 2 aromatic carbocycles. The lowest BCUT2D eigenvalue weighted by atomic mass is 10.2. The van der Waals surface area contributed by atoms with Gasteiger partial charge in [-0.3, -0.25) is 4.79 Å². The molecule has 0 unspecified atom stereocenters. The number of carbonyl (C=O) groups excluding carboxylic acids is 1. The largest absolute Gasteiger partial charge is 0.493 e. The summed E-state index contributed by atoms with van der Waals surface area (Å²) in [5.74, 6) is 3.28. The molecule has 0 aromatic heterocycles. The third-order valence-electron chi connectivity index (χ3n) is 4.33. The molecule has 5 nitrogen and oxygen atoms in total. The second-order valence-electron chi connectivity index (χ2n) is 6.75. The number of hydrogen-bond acceptors (Lipinski definition) is 6. The Morgan fingerprint density at radius 3 is 2.60 bits per heavy atom. The third-order valence-corrected chi connectivity index (χ3v) is 8.74. The van der Waals surface area contributed by atoms with Crippen molar-refractivity contribution in [3.63, 3.8) is 0 Å². The average molecular weight is 574 g/mol. The van der Waals surface area contributed by atoms with Gasteiger partial charge in [-0.05, 0) is 58.2 Å². The summed E-state index contributed by atoms with van der Waals surface area (Å²) in [7, 11) is 1.59. The average Bonchev–Trinajstić information content (AvgIpc) is 3.13. The minimum Gasteiger partial charge on any atom is -0.493 e. The van der Waals surface area contributed by atoms with Crippen molar-refractivity contribution in [2.75, 3.05) is 18.6 Å². The smallest absolute Gasteiger partial charge is 0.242 e. The van der Waals surface area contributed by atoms with E-state index < -0.39 is 0 Å². The van der Waals surface area contributed by atoms with E-state index in [0.29, 0.717) is 24.5 Å². The normalized spacial score (nSPS) is 15.3. The zero-order valence-electron chi connectivity index (χ0n) is 16.6. The highest BCUT2D eigenvalue weighted by Gasteiger charge is 2.32. The number of carbonyl (C=O) groups is 1. The molecule has 0 radical (unpaired) electrons. The molecule has 0 bridgehead atoms. The lowest BCUT2D eigenvalue weighted by Crippen LogP contribution is -2.26. The van der Waals surface area contributed by atoms with Gasteiger partial charge in [0.05, 0.1) is 28.3 Å². The molecule has 0 spiro atoms. The number of nitrogens with one attached hydrogen (secondary N) is 1. The van der Waals surface area contributed by atoms with E-state index in [1.54, 1.807) is 13.3 Å². The first-order valence-corrected chi connectivity index (χ1v) is 12.8. The van der Waals surface area contributed by atoms with Crippen molar-refractivity contribution in [3.05, 3.63) is 56.5 Å². The van der Waals surface area contributed by atoms with Crippen LogP contribution in [0.5, 0.6) is 11.5 Å². The van der Waals surface area contributed by atoms with Gasteiger partial charge in [-0.15, -0.1) is 23.5 Å². The van der Waals surface area contributed by atoms with Crippen LogP contribution < -0.4 is 14.9 Å². The van der Waals surface area contributed by atoms with Gasteiger partial charge in [0, 0.05) is 16.0 Å². The zero-order valence-corrected chi connectivity index (χ0v) is 21.4. The molecule has 1 N–H and O–H groups in total. The molecule has 160 valence electrons. The molecular weight excluding hydrogens is 552 g/mol. The number of thioether (sulfide) groups is 2. The van der Waals surface area contributed by atoms with E-state index in [1.165, 1.54) is 0 Å². The molecule has 0 saturated carbocycles. The molecule has 1 amide bonds. The number of nitrogens with zero attached hydrogens (tertiary/aromatic N) is 1. The summed E-state index contributed by atoms with van der Waals surface area (Å²) in [6.45, 7) is 2.52. The Bertz CT molecular complexity index is 917. The van der Waals surface area contributed by atoms with Crippen LogP contribution in [0.25, 0.3) is 0 Å². The van der Waals surface area contributed by atoms with E-state index >= 15 is 0 Å². The lowest BCUT2D eigenvalue weighted by molar-refractivity contribution is -0.121. The van der Waals surface area contributed by atoms with Crippen LogP contribution in [0.15, 0.2) is 50.4 Å². The Kier molecular flexibility index (Phi) is 8.56. The molecular formula is C21H22Br2N2O3S2. The maximum absolute atomic E-state index is 12.2. The van der Waals surface area contributed by atoms with Crippen molar-refractivity contribution in [1.82, 2.24) is 5.43 Å². The van der Waals surface area contributed by atoms with Gasteiger partial charge in [-0.1, -0.05) is 28.1 Å². The standard InChI is InChI=1S/C21H22Br2N2O3S2/c1-21(29-7-8-30-21)11-19(26)25-24-12-15-9-17(23)20(18(10-15)27-2)28-13-14-3-5-16(22)6-4-14/h3-6,9-10,12H,7-8,11,13H2,1-2H3,(H,25,26)/b24-12-. The van der Waals surface area contributed by atoms with Crippen molar-refractivity contribution in [2.45, 2.75) is 24.0 Å². The minimum absolute atomic E-state index is 0.0559. The number of halogens is 2. The van der Waals surface area contributed by atoms with Gasteiger partial charge in [0.15, 0.2) is 11.5 Å². The van der Waals surface area contributed by atoms with E-state index in [4.69, 9.17) is 9.47 Å². The molecule has 1 aliphatic rings. The molecule has 30 heavy (non-hydrogen) atoms. The van der Waals surface area contributed by atoms with Gasteiger partial charge in [0.2, 0.25) is 5.91 Å². The predicted octanol–water partition coefficient (Wildman–Crippen LogP) is 5.84. The zero-order chi connectivity index (χ0) is 21.6. The Morgan fingerprint density at radius 1 is 1.23 bits per heavy atom. The van der Waals surface area contributed by atoms with Crippen LogP contribution in [0.1, 0.15) is 24.5 Å². The van der Waals surface area contributed by atoms with Crippen molar-refractivity contribution < 1.29 is 14.3 Å². The van der Waals surface area contributed by atoms with Crippen LogP contribution in [-0.2, 0) is 11.4 Å². The van der Waals surface area contributed by atoms with Crippen LogP contribution in [0.2, 0.25) is 0 Å². The number of methoxy groups -OCH3 is 1. The molecule has 1 aliphatic heterocycles. The summed E-state index contributed by atoms with van der Waals surface area (Å²) in [6.07, 6.45) is 2.04. The topological polar surface area (TPSA) is 59.9 Å². The number of rotatable bonds is 8. The second-order valence-corrected chi connectivity index (χ2v) is 12.0. The summed E-state index contributed by atoms with van der Waals surface area (Å²) >= 11 is 10.6. The summed E-state index contributed by atoms with van der Waals surface area (Å²) in [4.78, 5) is 12.2. The van der Waals surface area contributed by atoms with E-state index in [-0.39, 0.29) is 9.99 Å². The lowest BCUT2D eigenvalue weighted by Gasteiger charge is -2.19. The van der Waals surface area contributed by atoms with Crippen molar-refractivity contribution in [2.24, 2.45) is 5.10 Å². The Morgan fingerprint density at radius 2 is 1.93 bits per heavy atom. The number of amides is 1. The number of hydrogen-bond donors (Lipinski definition) is 1. The highest BCUT2D eigenvalue weighted by atomic mass is 79.9. The van der Waals surface area contributed by atoms with E-state index in [0.717, 1.165) is 31.6 Å². The number of hydrazone groups is 1. The third kappa shape index (κ3) is 6.67. The molecule has 1 heterocycles. The molecule has 1 fully saturated rings. The van der Waals surface area contributed by atoms with Crippen LogP contribution >= 0.6 is 55.4 Å². The Hall–Kier alpha value is -1.16. The first kappa shape index (κ1) is 23.5. The Labute approximate surface area is 202 Å². The SMILES string of the molecule is COc1cc(/C=N\NC(=O)CC2(C)SCCS2)cc(Br)c1OCc1ccc(Br)cc1. The molecule has 9 heteroatoms. The van der Waals surface area contributed by atoms with Gasteiger partial charge in [-0.25, -0.2) is 5.43 Å². The summed E-state index contributed by atoms with van der Waals surface area (Å²) in [6, 6.07) is 11.6. The first-order valence-electron chi connectivity index (χ1n) is 9.23. The van der Waals surface area contributed by atoms with Crippen molar-refractivity contribution in [3.8, 4) is 11.5 Å². The van der Waals surface area contributed by atoms with Gasteiger partial charge in [0.25, 0.3) is 0 Å². The van der Waals surface area contributed by atoms with E-state index in [2.05, 4.69) is 49.3 Å². The van der Waals surface area contributed by atoms with Crippen LogP contribution in [0.3, 0.4) is 0 Å². The highest BCUT2D eigenvalue weighted by molar-refractivity contribution is 9.10. The van der Waals surface area contributed by atoms with Gasteiger partial charge < -0.3 is 9.47 Å². The second kappa shape index (κ2) is 10.9. The molecule has 3 rings (SSSR count). The van der Waals surface area contributed by atoms with Gasteiger partial charge in [0.1, 0.15) is 6.61 Å². The maximum Gasteiger partial charge on any atom is 0.242 e. The fourth-order valence-electron chi connectivity index (χ4n) is 2.86.